The summed E-state index contributed by atoms with van der Waals surface area (Å²) in [5, 5.41) is 3.31. The van der Waals surface area contributed by atoms with E-state index < -0.39 is 0 Å². The van der Waals surface area contributed by atoms with Crippen molar-refractivity contribution in [1.82, 2.24) is 19.4 Å². The second-order valence-electron chi connectivity index (χ2n) is 4.95. The van der Waals surface area contributed by atoms with Crippen LogP contribution in [-0.2, 0) is 17.3 Å². The topological polar surface area (TPSA) is 43.1 Å². The molecule has 5 rings (SSSR count). The zero-order valence-corrected chi connectivity index (χ0v) is 15.8. The maximum absolute atomic E-state index is 4.76. The van der Waals surface area contributed by atoms with Crippen LogP contribution >= 0.6 is 9.69 Å². The maximum Gasteiger partial charge on any atom is 0.188 e. The third-order valence-corrected chi connectivity index (χ3v) is 3.81. The van der Waals surface area contributed by atoms with E-state index in [1.165, 1.54) is 5.39 Å². The van der Waals surface area contributed by atoms with Gasteiger partial charge in [0.05, 0.1) is 5.65 Å². The molecule has 3 aromatic heterocycles. The number of fused-ring (bicyclic) bond motifs is 8. The van der Waals surface area contributed by atoms with Gasteiger partial charge < -0.3 is 4.40 Å². The van der Waals surface area contributed by atoms with Crippen molar-refractivity contribution < 1.29 is 17.3 Å². The van der Waals surface area contributed by atoms with E-state index in [4.69, 9.17) is 9.69 Å². The molecule has 0 amide bonds. The summed E-state index contributed by atoms with van der Waals surface area (Å²) in [6, 6.07) is 17.6. The fraction of sp³-hybridized carbons (Fsp3) is 0. The van der Waals surface area contributed by atoms with E-state index in [0.29, 0.717) is 5.65 Å². The number of benzene rings is 2. The van der Waals surface area contributed by atoms with Crippen LogP contribution in [-0.4, -0.2) is 19.4 Å². The average molecular weight is 370 g/mol. The number of imidazole rings is 1. The van der Waals surface area contributed by atoms with Gasteiger partial charge in [-0.05, 0) is 11.5 Å². The van der Waals surface area contributed by atoms with Crippen LogP contribution in [0.25, 0.3) is 38.6 Å². The molecule has 0 saturated carbocycles. The van der Waals surface area contributed by atoms with Crippen molar-refractivity contribution in [3.05, 3.63) is 60.9 Å². The first-order chi connectivity index (χ1) is 11.4. The average Bonchev–Trinajstić information content (AvgIpc) is 3.04. The summed E-state index contributed by atoms with van der Waals surface area (Å²) in [6.45, 7) is 0. The second-order valence-corrected chi connectivity index (χ2v) is 4.95. The summed E-state index contributed by atoms with van der Waals surface area (Å²) in [5.41, 5.74) is 3.38. The van der Waals surface area contributed by atoms with Crippen LogP contribution < -0.4 is 0 Å². The van der Waals surface area contributed by atoms with Crippen molar-refractivity contribution in [3.63, 3.8) is 0 Å². The Labute approximate surface area is 145 Å². The Bertz CT molecular complexity index is 1150. The number of aromatic nitrogens is 4. The molecule has 3 heterocycles. The molecule has 0 aliphatic carbocycles. The van der Waals surface area contributed by atoms with Crippen LogP contribution in [0.2, 0.25) is 0 Å². The van der Waals surface area contributed by atoms with Crippen LogP contribution in [0, 0.1) is 6.07 Å². The molecule has 0 unspecified atom stereocenters. The summed E-state index contributed by atoms with van der Waals surface area (Å²) in [4.78, 5) is 13.4. The van der Waals surface area contributed by atoms with Gasteiger partial charge in [-0.15, -0.1) is 29.7 Å². The summed E-state index contributed by atoms with van der Waals surface area (Å²) >= 11 is 0.847. The third kappa shape index (κ3) is 2.12. The second kappa shape index (κ2) is 5.84. The Kier molecular flexibility index (Phi) is 3.68. The van der Waals surface area contributed by atoms with E-state index in [1.807, 2.05) is 24.3 Å². The molecule has 6 heteroatoms. The van der Waals surface area contributed by atoms with E-state index >= 15 is 0 Å². The number of hydrogen-bond donors (Lipinski definition) is 0. The van der Waals surface area contributed by atoms with Gasteiger partial charge in [0, 0.05) is 17.9 Å². The van der Waals surface area contributed by atoms with Gasteiger partial charge in [0.25, 0.3) is 0 Å². The summed E-state index contributed by atoms with van der Waals surface area (Å²) in [5.74, 6) is 0. The smallest absolute Gasteiger partial charge is 0.188 e. The van der Waals surface area contributed by atoms with Crippen LogP contribution in [0.15, 0.2) is 54.9 Å². The van der Waals surface area contributed by atoms with Crippen molar-refractivity contribution in [2.45, 2.75) is 0 Å². The summed E-state index contributed by atoms with van der Waals surface area (Å²) in [7, 11) is 4.76. The van der Waals surface area contributed by atoms with E-state index in [0.717, 1.165) is 44.9 Å². The Balaban J connectivity index is 0.000000652. The van der Waals surface area contributed by atoms with Crippen LogP contribution in [0.3, 0.4) is 0 Å². The van der Waals surface area contributed by atoms with Crippen molar-refractivity contribution in [2.75, 3.05) is 0 Å². The first kappa shape index (κ1) is 14.5. The molecule has 4 nitrogen and oxygen atoms in total. The minimum atomic E-state index is 0.660. The van der Waals surface area contributed by atoms with E-state index in [-0.39, 0.29) is 0 Å². The number of rotatable bonds is 0. The van der Waals surface area contributed by atoms with Gasteiger partial charge in [-0.2, -0.15) is 0 Å². The normalized spacial score (nSPS) is 11.1. The van der Waals surface area contributed by atoms with E-state index in [1.54, 1.807) is 12.4 Å². The predicted molar refractivity (Wildman–Crippen MR) is 88.0 cm³/mol. The van der Waals surface area contributed by atoms with Gasteiger partial charge in [-0.1, -0.05) is 23.6 Å². The van der Waals surface area contributed by atoms with Crippen molar-refractivity contribution in [2.24, 2.45) is 0 Å². The van der Waals surface area contributed by atoms with Gasteiger partial charge in [0.15, 0.2) is 11.3 Å². The molecular formula is C17H9ClN4Zn. The van der Waals surface area contributed by atoms with Crippen molar-refractivity contribution in [1.29, 1.82) is 0 Å². The molecule has 0 fully saturated rings. The molecule has 0 bridgehead atoms. The molecule has 23 heavy (non-hydrogen) atoms. The Hall–Kier alpha value is -2.10. The molecule has 0 aliphatic rings. The minimum Gasteiger partial charge on any atom is -0.316 e. The molecule has 106 valence electrons. The van der Waals surface area contributed by atoms with Crippen LogP contribution in [0.1, 0.15) is 0 Å². The van der Waals surface area contributed by atoms with Gasteiger partial charge in [-0.3, -0.25) is 4.98 Å². The summed E-state index contributed by atoms with van der Waals surface area (Å²) < 4.78 is 2.07. The number of hydrogen-bond acceptors (Lipinski definition) is 3. The van der Waals surface area contributed by atoms with E-state index in [9.17, 15) is 0 Å². The Morgan fingerprint density at radius 2 is 1.70 bits per heavy atom. The summed E-state index contributed by atoms with van der Waals surface area (Å²) in [6.07, 6.45) is 3.37. The fourth-order valence-corrected chi connectivity index (χ4v) is 2.95. The number of nitrogens with zero attached hydrogens (tertiary/aromatic N) is 4. The first-order valence-corrected chi connectivity index (χ1v) is 10.9. The zero-order chi connectivity index (χ0) is 15.8. The number of para-hydroxylation sites is 1. The maximum atomic E-state index is 4.76. The quantitative estimate of drug-likeness (QED) is 0.235. The molecule has 5 aromatic rings. The zero-order valence-electron chi connectivity index (χ0n) is 12.1. The van der Waals surface area contributed by atoms with Gasteiger partial charge in [0.2, 0.25) is 0 Å². The molecule has 2 aromatic carbocycles. The molecule has 0 spiro atoms. The standard InChI is InChI=1S/C17H9N4.ClH.Zn/c1-2-7-13-11(5-1)12-6-3-4-8-14(12)21-16(13)20-15-17(21)19-10-9-18-15;;/h1-6,8-10H;1H;/q-1;;+2/p-1. The van der Waals surface area contributed by atoms with Crippen LogP contribution in [0.5, 0.6) is 0 Å². The Morgan fingerprint density at radius 1 is 0.913 bits per heavy atom. The fourth-order valence-electron chi connectivity index (χ4n) is 2.95. The monoisotopic (exact) mass is 368 g/mol. The van der Waals surface area contributed by atoms with Gasteiger partial charge in [0.1, 0.15) is 0 Å². The predicted octanol–water partition coefficient (Wildman–Crippen LogP) is 4.07. The molecule has 0 N–H and O–H groups in total. The van der Waals surface area contributed by atoms with E-state index in [2.05, 4.69) is 43.6 Å². The SMILES string of the molecule is [Cl][Zn+].[c-]1cccc2c1c1nc3nccnc3n1c1ccccc21. The molecule has 0 atom stereocenters. The van der Waals surface area contributed by atoms with Crippen molar-refractivity contribution >= 4 is 48.3 Å². The molecule has 0 radical (unpaired) electrons. The minimum absolute atomic E-state index is 0.660. The third-order valence-electron chi connectivity index (χ3n) is 3.81. The molecular weight excluding hydrogens is 361 g/mol. The van der Waals surface area contributed by atoms with Crippen molar-refractivity contribution in [3.8, 4) is 0 Å². The van der Waals surface area contributed by atoms with Gasteiger partial charge in [-0.25, -0.2) is 9.97 Å². The van der Waals surface area contributed by atoms with Gasteiger partial charge >= 0.3 is 27.0 Å². The molecule has 0 aliphatic heterocycles. The largest absolute Gasteiger partial charge is 0.316 e. The number of halogens is 1. The van der Waals surface area contributed by atoms with Crippen LogP contribution in [0.4, 0.5) is 0 Å². The number of pyridine rings is 1. The first-order valence-electron chi connectivity index (χ1n) is 7.00. The molecule has 0 saturated heterocycles. The Morgan fingerprint density at radius 3 is 2.61 bits per heavy atom.